The van der Waals surface area contributed by atoms with Gasteiger partial charge < -0.3 is 26.0 Å². The predicted molar refractivity (Wildman–Crippen MR) is 232 cm³/mol. The van der Waals surface area contributed by atoms with Crippen LogP contribution in [0, 0.1) is 35.8 Å². The van der Waals surface area contributed by atoms with Gasteiger partial charge in [-0.2, -0.15) is 33.2 Å². The third-order valence-electron chi connectivity index (χ3n) is 8.55. The van der Waals surface area contributed by atoms with Crippen molar-refractivity contribution in [2.24, 2.45) is 5.84 Å². The molecule has 308 valence electrons. The average molecular weight is 857 g/mol. The van der Waals surface area contributed by atoms with Crippen molar-refractivity contribution in [3.05, 3.63) is 141 Å². The number of amides is 3. The van der Waals surface area contributed by atoms with E-state index in [4.69, 9.17) is 34.6 Å². The molecule has 2 aromatic heterocycles. The first-order chi connectivity index (χ1) is 29.3. The number of aliphatic carboxylic acids is 1. The van der Waals surface area contributed by atoms with Crippen LogP contribution in [0.1, 0.15) is 45.7 Å². The van der Waals surface area contributed by atoms with Crippen LogP contribution in [-0.2, 0) is 9.59 Å². The number of carboxylic acid groups (broad SMARTS) is 1. The monoisotopic (exact) mass is 856 g/mol. The Kier molecular flexibility index (Phi) is 16.3. The zero-order valence-electron chi connectivity index (χ0n) is 32.2. The van der Waals surface area contributed by atoms with Gasteiger partial charge in [0.05, 0.1) is 48.6 Å². The van der Waals surface area contributed by atoms with Gasteiger partial charge in [0, 0.05) is 42.7 Å². The normalized spacial score (nSPS) is 12.0. The lowest BCUT2D eigenvalue weighted by Gasteiger charge is -2.22. The number of nitrogens with zero attached hydrogens (tertiary/aromatic N) is 4. The topological polar surface area (TPSA) is 271 Å². The molecular formula is C42H36N10O7S2. The number of aliphatic hydroxyl groups excluding tert-OH is 2. The van der Waals surface area contributed by atoms with Crippen molar-refractivity contribution in [1.82, 2.24) is 16.3 Å². The summed E-state index contributed by atoms with van der Waals surface area (Å²) in [6, 6.07) is 24.2. The van der Waals surface area contributed by atoms with E-state index in [1.807, 2.05) is 40.5 Å². The van der Waals surface area contributed by atoms with E-state index in [2.05, 4.69) is 31.2 Å². The number of hydrogen-bond acceptors (Lipinski definition) is 13. The van der Waals surface area contributed by atoms with Crippen molar-refractivity contribution < 1.29 is 34.5 Å². The average Bonchev–Trinajstić information content (AvgIpc) is 3.98. The largest absolute Gasteiger partial charge is 0.480 e. The van der Waals surface area contributed by atoms with E-state index in [1.54, 1.807) is 48.5 Å². The van der Waals surface area contributed by atoms with Crippen LogP contribution >= 0.6 is 22.7 Å². The van der Waals surface area contributed by atoms with Gasteiger partial charge >= 0.3 is 5.97 Å². The zero-order chi connectivity index (χ0) is 44.6. The van der Waals surface area contributed by atoms with Crippen LogP contribution in [0.5, 0.6) is 0 Å². The van der Waals surface area contributed by atoms with Crippen molar-refractivity contribution in [2.45, 2.75) is 38.1 Å². The van der Waals surface area contributed by atoms with Crippen LogP contribution in [-0.4, -0.2) is 63.3 Å². The van der Waals surface area contributed by atoms with Gasteiger partial charge in [-0.05, 0) is 97.4 Å². The maximum Gasteiger partial charge on any atom is 0.328 e. The van der Waals surface area contributed by atoms with Gasteiger partial charge in [-0.1, -0.05) is 12.1 Å². The van der Waals surface area contributed by atoms with Gasteiger partial charge in [-0.25, -0.2) is 20.3 Å². The molecule has 6 aromatic rings. The van der Waals surface area contributed by atoms with E-state index in [9.17, 15) is 29.4 Å². The van der Waals surface area contributed by atoms with Crippen molar-refractivity contribution in [1.29, 1.82) is 10.5 Å². The standard InChI is InChI=1S/C21H17N5O3S.C13H12N2O3S.C8H7N3O/c1-12(27)18(24-16-7-8-17(23-2)19-15(16)9-10-30-19)21(29)26-25-20(28)14-5-3-13(11-22)4-6-14;1-7(16)11(13(17)18)15-9-3-4-10(14-2)12-8(9)5-6-19-12;9-5-6-1-3-7(4-2-6)8(12)11-10/h3-10,12,18,24,27H,1H3,(H,25,28)(H,26,29);3-7,11,15-16H,1H3,(H,17,18);1-4H,10H2,(H,11,12)/t12-,18-;7-,11?;/m11./s1. The molecule has 0 spiro atoms. The van der Waals surface area contributed by atoms with Crippen LogP contribution in [0.2, 0.25) is 0 Å². The Bertz CT molecular complexity index is 2700. The van der Waals surface area contributed by atoms with Crippen LogP contribution in [0.25, 0.3) is 29.9 Å². The van der Waals surface area contributed by atoms with Crippen molar-refractivity contribution in [2.75, 3.05) is 10.6 Å². The summed E-state index contributed by atoms with van der Waals surface area (Å²) in [5.74, 6) is 2.24. The summed E-state index contributed by atoms with van der Waals surface area (Å²) in [4.78, 5) is 53.7. The Balaban J connectivity index is 0.000000224. The second-order valence-corrected chi connectivity index (χ2v) is 14.5. The molecular weight excluding hydrogens is 821 g/mol. The first-order valence-electron chi connectivity index (χ1n) is 17.8. The number of aliphatic hydroxyl groups is 2. The van der Waals surface area contributed by atoms with E-state index in [0.29, 0.717) is 39.4 Å². The van der Waals surface area contributed by atoms with Crippen molar-refractivity contribution >= 4 is 89.3 Å². The summed E-state index contributed by atoms with van der Waals surface area (Å²) in [6.45, 7) is 17.2. The van der Waals surface area contributed by atoms with Gasteiger partial charge in [-0.3, -0.25) is 30.7 Å². The molecule has 0 bridgehead atoms. The number of nitrogen functional groups attached to an aromatic ring is 1. The number of carbonyl (C=O) groups is 4. The number of carboxylic acids is 1. The molecule has 3 amide bonds. The number of fused-ring (bicyclic) bond motifs is 2. The van der Waals surface area contributed by atoms with E-state index < -0.39 is 42.1 Å². The Morgan fingerprint density at radius 3 is 1.46 bits per heavy atom. The molecule has 17 nitrogen and oxygen atoms in total. The van der Waals surface area contributed by atoms with Gasteiger partial charge in [0.2, 0.25) is 11.4 Å². The van der Waals surface area contributed by atoms with Gasteiger partial charge in [0.25, 0.3) is 17.7 Å². The maximum absolute atomic E-state index is 12.6. The molecule has 1 unspecified atom stereocenters. The fourth-order valence-electron chi connectivity index (χ4n) is 5.40. The predicted octanol–water partition coefficient (Wildman–Crippen LogP) is 5.81. The third-order valence-corrected chi connectivity index (χ3v) is 10.4. The highest BCUT2D eigenvalue weighted by Crippen LogP contribution is 2.37. The third kappa shape index (κ3) is 11.8. The lowest BCUT2D eigenvalue weighted by atomic mass is 10.1. The number of anilines is 2. The quantitative estimate of drug-likeness (QED) is 0.0342. The molecule has 2 heterocycles. The summed E-state index contributed by atoms with van der Waals surface area (Å²) in [7, 11) is 0. The minimum Gasteiger partial charge on any atom is -0.480 e. The number of thiophene rings is 2. The maximum atomic E-state index is 12.6. The fourth-order valence-corrected chi connectivity index (χ4v) is 7.15. The highest BCUT2D eigenvalue weighted by Gasteiger charge is 2.26. The molecule has 6 rings (SSSR count). The minimum atomic E-state index is -1.12. The van der Waals surface area contributed by atoms with Crippen LogP contribution in [0.15, 0.2) is 95.7 Å². The summed E-state index contributed by atoms with van der Waals surface area (Å²) in [5.41, 5.74) is 10.5. The molecule has 0 fully saturated rings. The Labute approximate surface area is 356 Å². The van der Waals surface area contributed by atoms with Crippen molar-refractivity contribution in [3.63, 3.8) is 0 Å². The molecule has 0 aliphatic heterocycles. The Hall–Kier alpha value is -7.88. The Morgan fingerprint density at radius 1 is 0.656 bits per heavy atom. The van der Waals surface area contributed by atoms with Gasteiger partial charge in [0.1, 0.15) is 6.04 Å². The molecule has 0 aliphatic carbocycles. The number of nitrogens with one attached hydrogen (secondary N) is 5. The molecule has 0 aliphatic rings. The zero-order valence-corrected chi connectivity index (χ0v) is 33.8. The number of nitrogens with two attached hydrogens (primary N) is 1. The second kappa shape index (κ2) is 21.8. The fraction of sp³-hybridized carbons (Fsp3) is 0.143. The minimum absolute atomic E-state index is 0.269. The molecule has 0 radical (unpaired) electrons. The first-order valence-corrected chi connectivity index (χ1v) is 19.5. The number of nitriles is 2. The number of hydrazine groups is 2. The van der Waals surface area contributed by atoms with Crippen LogP contribution in [0.3, 0.4) is 0 Å². The number of hydrogen-bond donors (Lipinski definition) is 9. The lowest BCUT2D eigenvalue weighted by Crippen LogP contribution is -2.52. The van der Waals surface area contributed by atoms with E-state index >= 15 is 0 Å². The number of carbonyl (C=O) groups excluding carboxylic acids is 3. The Morgan fingerprint density at radius 2 is 1.08 bits per heavy atom. The molecule has 4 aromatic carbocycles. The second-order valence-electron chi connectivity index (χ2n) is 12.7. The molecule has 61 heavy (non-hydrogen) atoms. The van der Waals surface area contributed by atoms with Crippen LogP contribution in [0.4, 0.5) is 22.7 Å². The molecule has 4 atom stereocenters. The molecule has 19 heteroatoms. The van der Waals surface area contributed by atoms with Gasteiger partial charge in [-0.15, -0.1) is 0 Å². The number of rotatable bonds is 10. The van der Waals surface area contributed by atoms with Crippen molar-refractivity contribution in [3.8, 4) is 12.1 Å². The lowest BCUT2D eigenvalue weighted by molar-refractivity contribution is -0.140. The molecule has 0 saturated carbocycles. The van der Waals surface area contributed by atoms with E-state index in [-0.39, 0.29) is 11.5 Å². The molecule has 0 saturated heterocycles. The summed E-state index contributed by atoms with van der Waals surface area (Å²) in [6.07, 6.45) is -2.09. The van der Waals surface area contributed by atoms with E-state index in [1.165, 1.54) is 60.8 Å². The molecule has 10 N–H and O–H groups in total. The summed E-state index contributed by atoms with van der Waals surface area (Å²) < 4.78 is 1.60. The van der Waals surface area contributed by atoms with E-state index in [0.717, 1.165) is 20.2 Å². The smallest absolute Gasteiger partial charge is 0.328 e. The highest BCUT2D eigenvalue weighted by molar-refractivity contribution is 7.18. The summed E-state index contributed by atoms with van der Waals surface area (Å²) >= 11 is 2.85. The highest BCUT2D eigenvalue weighted by atomic mass is 32.1. The summed E-state index contributed by atoms with van der Waals surface area (Å²) in [5, 5.41) is 57.0. The number of benzene rings is 4. The van der Waals surface area contributed by atoms with Gasteiger partial charge in [0.15, 0.2) is 6.04 Å². The SMILES string of the molecule is N#Cc1ccc(C(=O)NN)cc1.[C-]#[N+]c1ccc(NC(C(=O)O)[C@@H](C)O)c2ccsc12.[C-]#[N+]c1ccc(N[C@@H](C(=O)NNC(=O)c2ccc(C#N)cc2)[C@@H](C)O)c2ccsc12. The first kappa shape index (κ1) is 45.8. The van der Waals surface area contributed by atoms with Crippen LogP contribution < -0.4 is 32.8 Å².